The average molecular weight is 454 g/mol. The van der Waals surface area contributed by atoms with E-state index in [2.05, 4.69) is 33.3 Å². The Balaban J connectivity index is 1.14. The molecule has 2 aromatic carbocycles. The number of nitrogens with one attached hydrogen (secondary N) is 1. The molecule has 4 rings (SSSR count). The van der Waals surface area contributed by atoms with Gasteiger partial charge in [-0.05, 0) is 48.4 Å². The number of rotatable bonds is 9. The average Bonchev–Trinajstić information content (AvgIpc) is 3.36. The van der Waals surface area contributed by atoms with Crippen LogP contribution in [0.15, 0.2) is 71.3 Å². The quantitative estimate of drug-likeness (QED) is 0.485. The molecule has 0 unspecified atom stereocenters. The minimum Gasteiger partial charge on any atom is -0.494 e. The van der Waals surface area contributed by atoms with Crippen molar-refractivity contribution in [3.63, 3.8) is 0 Å². The number of hydrogen-bond acceptors (Lipinski definition) is 5. The lowest BCUT2D eigenvalue weighted by atomic mass is 10.2. The fourth-order valence-electron chi connectivity index (χ4n) is 3.76. The van der Waals surface area contributed by atoms with Gasteiger partial charge in [-0.3, -0.25) is 9.69 Å². The summed E-state index contributed by atoms with van der Waals surface area (Å²) >= 11 is 6.34. The van der Waals surface area contributed by atoms with Crippen LogP contribution in [-0.4, -0.2) is 50.1 Å². The highest BCUT2D eigenvalue weighted by Gasteiger charge is 2.18. The van der Waals surface area contributed by atoms with Crippen molar-refractivity contribution >= 4 is 23.2 Å². The van der Waals surface area contributed by atoms with Crippen molar-refractivity contribution in [2.45, 2.75) is 13.0 Å². The zero-order chi connectivity index (χ0) is 22.2. The standard InChI is InChI=1S/C25H28ClN3O3/c26-22-5-1-2-6-23(22)29-15-13-28(14-16-29)19-20-8-10-21(11-9-20)31-18-4-12-27-25(30)24-7-3-17-32-24/h1-3,5-11,17H,4,12-16,18-19H2,(H,27,30). The summed E-state index contributed by atoms with van der Waals surface area (Å²) in [7, 11) is 0. The highest BCUT2D eigenvalue weighted by molar-refractivity contribution is 6.33. The summed E-state index contributed by atoms with van der Waals surface area (Å²) in [6, 6.07) is 19.6. The van der Waals surface area contributed by atoms with Crippen LogP contribution in [0.4, 0.5) is 5.69 Å². The second-order valence-electron chi connectivity index (χ2n) is 7.79. The number of carbonyl (C=O) groups excluding carboxylic acids is 1. The Morgan fingerprint density at radius 2 is 1.78 bits per heavy atom. The molecule has 0 aliphatic carbocycles. The Hall–Kier alpha value is -2.96. The molecule has 1 N–H and O–H groups in total. The van der Waals surface area contributed by atoms with E-state index < -0.39 is 0 Å². The minimum atomic E-state index is -0.202. The predicted molar refractivity (Wildman–Crippen MR) is 127 cm³/mol. The van der Waals surface area contributed by atoms with E-state index in [9.17, 15) is 4.79 Å². The Kier molecular flexibility index (Phi) is 7.69. The normalized spacial score (nSPS) is 14.3. The summed E-state index contributed by atoms with van der Waals surface area (Å²) in [5.41, 5.74) is 2.39. The molecule has 0 bridgehead atoms. The van der Waals surface area contributed by atoms with Gasteiger partial charge in [0.25, 0.3) is 5.91 Å². The van der Waals surface area contributed by atoms with Crippen LogP contribution in [0.2, 0.25) is 5.02 Å². The molecule has 1 aliphatic rings. The van der Waals surface area contributed by atoms with Crippen LogP contribution >= 0.6 is 11.6 Å². The van der Waals surface area contributed by atoms with Gasteiger partial charge in [0.2, 0.25) is 0 Å². The molecule has 168 valence electrons. The topological polar surface area (TPSA) is 58.0 Å². The van der Waals surface area contributed by atoms with Crippen LogP contribution in [-0.2, 0) is 6.54 Å². The van der Waals surface area contributed by atoms with Gasteiger partial charge in [0.15, 0.2) is 5.76 Å². The summed E-state index contributed by atoms with van der Waals surface area (Å²) in [5.74, 6) is 0.966. The van der Waals surface area contributed by atoms with Gasteiger partial charge in [-0.2, -0.15) is 0 Å². The Bertz CT molecular complexity index is 984. The molecule has 3 aromatic rings. The molecule has 1 amide bonds. The number of halogens is 1. The van der Waals surface area contributed by atoms with Crippen LogP contribution in [0.25, 0.3) is 0 Å². The Morgan fingerprint density at radius 3 is 2.50 bits per heavy atom. The minimum absolute atomic E-state index is 0.202. The fraction of sp³-hybridized carbons (Fsp3) is 0.320. The highest BCUT2D eigenvalue weighted by Crippen LogP contribution is 2.26. The molecular formula is C25H28ClN3O3. The van der Waals surface area contributed by atoms with Gasteiger partial charge < -0.3 is 19.4 Å². The van der Waals surface area contributed by atoms with Crippen LogP contribution in [0.5, 0.6) is 5.75 Å². The SMILES string of the molecule is O=C(NCCCOc1ccc(CN2CCN(c3ccccc3Cl)CC2)cc1)c1ccco1. The second kappa shape index (κ2) is 11.1. The third kappa shape index (κ3) is 6.05. The van der Waals surface area contributed by atoms with E-state index in [1.807, 2.05) is 30.3 Å². The van der Waals surface area contributed by atoms with Crippen molar-refractivity contribution in [3.05, 3.63) is 83.3 Å². The summed E-state index contributed by atoms with van der Waals surface area (Å²) in [6.45, 7) is 5.97. The first kappa shape index (κ1) is 22.2. The maximum atomic E-state index is 11.8. The van der Waals surface area contributed by atoms with Crippen LogP contribution in [0.3, 0.4) is 0 Å². The number of nitrogens with zero attached hydrogens (tertiary/aromatic N) is 2. The monoisotopic (exact) mass is 453 g/mol. The first-order valence-corrected chi connectivity index (χ1v) is 11.3. The zero-order valence-corrected chi connectivity index (χ0v) is 18.8. The zero-order valence-electron chi connectivity index (χ0n) is 18.0. The number of hydrogen-bond donors (Lipinski definition) is 1. The molecule has 0 spiro atoms. The molecular weight excluding hydrogens is 426 g/mol. The van der Waals surface area contributed by atoms with Gasteiger partial charge in [-0.15, -0.1) is 0 Å². The van der Waals surface area contributed by atoms with E-state index >= 15 is 0 Å². The van der Waals surface area contributed by atoms with E-state index in [1.165, 1.54) is 11.8 Å². The molecule has 6 nitrogen and oxygen atoms in total. The maximum Gasteiger partial charge on any atom is 0.286 e. The third-order valence-electron chi connectivity index (χ3n) is 5.52. The van der Waals surface area contributed by atoms with Crippen molar-refractivity contribution in [3.8, 4) is 5.75 Å². The number of piperazine rings is 1. The van der Waals surface area contributed by atoms with E-state index in [0.717, 1.165) is 55.6 Å². The van der Waals surface area contributed by atoms with Crippen molar-refractivity contribution in [2.24, 2.45) is 0 Å². The van der Waals surface area contributed by atoms with Gasteiger partial charge in [-0.25, -0.2) is 0 Å². The van der Waals surface area contributed by atoms with Crippen molar-refractivity contribution in [2.75, 3.05) is 44.2 Å². The van der Waals surface area contributed by atoms with Crippen molar-refractivity contribution in [1.82, 2.24) is 10.2 Å². The van der Waals surface area contributed by atoms with Gasteiger partial charge in [0.1, 0.15) is 5.75 Å². The number of ether oxygens (including phenoxy) is 1. The molecule has 1 saturated heterocycles. The lowest BCUT2D eigenvalue weighted by Gasteiger charge is -2.36. The number of para-hydroxylation sites is 1. The van der Waals surface area contributed by atoms with E-state index in [4.69, 9.17) is 20.8 Å². The molecule has 0 saturated carbocycles. The molecule has 1 fully saturated rings. The molecule has 7 heteroatoms. The number of amides is 1. The maximum absolute atomic E-state index is 11.8. The second-order valence-corrected chi connectivity index (χ2v) is 8.20. The fourth-order valence-corrected chi connectivity index (χ4v) is 4.02. The molecule has 1 aromatic heterocycles. The number of furan rings is 1. The highest BCUT2D eigenvalue weighted by atomic mass is 35.5. The molecule has 32 heavy (non-hydrogen) atoms. The Morgan fingerprint density at radius 1 is 1.00 bits per heavy atom. The Labute approximate surface area is 193 Å². The number of benzene rings is 2. The van der Waals surface area contributed by atoms with Crippen LogP contribution < -0.4 is 15.0 Å². The summed E-state index contributed by atoms with van der Waals surface area (Å²) < 4.78 is 10.9. The van der Waals surface area contributed by atoms with Gasteiger partial charge >= 0.3 is 0 Å². The molecule has 2 heterocycles. The third-order valence-corrected chi connectivity index (χ3v) is 5.83. The first-order valence-electron chi connectivity index (χ1n) is 10.9. The van der Waals surface area contributed by atoms with E-state index in [0.29, 0.717) is 18.9 Å². The van der Waals surface area contributed by atoms with Gasteiger partial charge in [0.05, 0.1) is 23.6 Å². The van der Waals surface area contributed by atoms with Crippen molar-refractivity contribution < 1.29 is 13.9 Å². The van der Waals surface area contributed by atoms with Crippen molar-refractivity contribution in [1.29, 1.82) is 0 Å². The smallest absolute Gasteiger partial charge is 0.286 e. The van der Waals surface area contributed by atoms with Crippen LogP contribution in [0, 0.1) is 0 Å². The number of anilines is 1. The van der Waals surface area contributed by atoms with Gasteiger partial charge in [0, 0.05) is 39.3 Å². The summed E-state index contributed by atoms with van der Waals surface area (Å²) in [5, 5.41) is 3.63. The lowest BCUT2D eigenvalue weighted by molar-refractivity contribution is 0.0924. The molecule has 1 aliphatic heterocycles. The largest absolute Gasteiger partial charge is 0.494 e. The first-order chi connectivity index (χ1) is 15.7. The van der Waals surface area contributed by atoms with E-state index in [-0.39, 0.29) is 5.91 Å². The summed E-state index contributed by atoms with van der Waals surface area (Å²) in [4.78, 5) is 16.6. The van der Waals surface area contributed by atoms with Crippen LogP contribution in [0.1, 0.15) is 22.5 Å². The molecule has 0 atom stereocenters. The van der Waals surface area contributed by atoms with Gasteiger partial charge in [-0.1, -0.05) is 35.9 Å². The number of carbonyl (C=O) groups is 1. The summed E-state index contributed by atoms with van der Waals surface area (Å²) in [6.07, 6.45) is 2.21. The van der Waals surface area contributed by atoms with E-state index in [1.54, 1.807) is 12.1 Å². The molecule has 0 radical (unpaired) electrons. The predicted octanol–water partition coefficient (Wildman–Crippen LogP) is 4.45. The lowest BCUT2D eigenvalue weighted by Crippen LogP contribution is -2.46.